The van der Waals surface area contributed by atoms with Crippen LogP contribution in [0, 0.1) is 0 Å². The Bertz CT molecular complexity index is 755. The molecule has 27 heavy (non-hydrogen) atoms. The van der Waals surface area contributed by atoms with Crippen LogP contribution >= 0.6 is 0 Å². The van der Waals surface area contributed by atoms with Crippen molar-refractivity contribution in [2.45, 2.75) is 63.8 Å². The van der Waals surface area contributed by atoms with Gasteiger partial charge in [0.1, 0.15) is 5.54 Å². The highest BCUT2D eigenvalue weighted by Crippen LogP contribution is 2.41. The van der Waals surface area contributed by atoms with Crippen molar-refractivity contribution in [3.63, 3.8) is 0 Å². The Labute approximate surface area is 159 Å². The average Bonchev–Trinajstić information content (AvgIpc) is 2.96. The van der Waals surface area contributed by atoms with Gasteiger partial charge < -0.3 is 19.7 Å². The topological polar surface area (TPSA) is 85.7 Å². The minimum atomic E-state index is -0.680. The summed E-state index contributed by atoms with van der Waals surface area (Å²) in [7, 11) is 1.65. The summed E-state index contributed by atoms with van der Waals surface area (Å²) in [4.78, 5) is 27.8. The number of fused-ring (bicyclic) bond motifs is 1. The summed E-state index contributed by atoms with van der Waals surface area (Å²) >= 11 is 0. The van der Waals surface area contributed by atoms with E-state index in [-0.39, 0.29) is 24.0 Å². The first-order chi connectivity index (χ1) is 13.0. The lowest BCUT2D eigenvalue weighted by atomic mass is 9.73. The Kier molecular flexibility index (Phi) is 4.71. The summed E-state index contributed by atoms with van der Waals surface area (Å²) < 4.78 is 13.0. The minimum absolute atomic E-state index is 0.0221. The van der Waals surface area contributed by atoms with Crippen molar-refractivity contribution in [3.05, 3.63) is 17.0 Å². The number of ether oxygens (including phenoxy) is 2. The monoisotopic (exact) mass is 376 g/mol. The summed E-state index contributed by atoms with van der Waals surface area (Å²) in [6.45, 7) is 6.12. The Morgan fingerprint density at radius 2 is 2.19 bits per heavy atom. The molecular weight excluding hydrogens is 348 g/mol. The number of methoxy groups -OCH3 is 1. The predicted octanol–water partition coefficient (Wildman–Crippen LogP) is 1.05. The van der Waals surface area contributed by atoms with E-state index in [0.29, 0.717) is 38.4 Å². The number of nitrogens with zero attached hydrogens (tertiary/aromatic N) is 3. The largest absolute Gasteiger partial charge is 0.383 e. The molecule has 2 atom stereocenters. The van der Waals surface area contributed by atoms with Gasteiger partial charge in [0.25, 0.3) is 5.91 Å². The zero-order valence-electron chi connectivity index (χ0n) is 16.3. The molecule has 3 aliphatic rings. The van der Waals surface area contributed by atoms with Crippen molar-refractivity contribution in [2.75, 3.05) is 26.8 Å². The van der Waals surface area contributed by atoms with Gasteiger partial charge in [-0.25, -0.2) is 0 Å². The molecule has 8 heteroatoms. The quantitative estimate of drug-likeness (QED) is 0.849. The van der Waals surface area contributed by atoms with Gasteiger partial charge in [0.15, 0.2) is 5.69 Å². The van der Waals surface area contributed by atoms with Crippen molar-refractivity contribution in [1.82, 2.24) is 20.0 Å². The van der Waals surface area contributed by atoms with Crippen molar-refractivity contribution < 1.29 is 19.1 Å². The van der Waals surface area contributed by atoms with Crippen molar-refractivity contribution in [2.24, 2.45) is 0 Å². The van der Waals surface area contributed by atoms with E-state index in [1.165, 1.54) is 0 Å². The first-order valence-electron chi connectivity index (χ1n) is 9.82. The predicted molar refractivity (Wildman–Crippen MR) is 97.4 cm³/mol. The maximum atomic E-state index is 13.5. The number of rotatable bonds is 4. The lowest BCUT2D eigenvalue weighted by Gasteiger charge is -2.51. The Balaban J connectivity index is 1.72. The van der Waals surface area contributed by atoms with Gasteiger partial charge in [-0.3, -0.25) is 14.3 Å². The molecule has 4 rings (SSSR count). The second kappa shape index (κ2) is 6.91. The first-order valence-corrected chi connectivity index (χ1v) is 9.82. The fraction of sp³-hybridized carbons (Fsp3) is 0.737. The highest BCUT2D eigenvalue weighted by Gasteiger charge is 2.53. The summed E-state index contributed by atoms with van der Waals surface area (Å²) in [6.07, 6.45) is 2.99. The van der Waals surface area contributed by atoms with Crippen LogP contribution in [0.4, 0.5) is 0 Å². The zero-order chi connectivity index (χ0) is 19.2. The van der Waals surface area contributed by atoms with E-state index in [9.17, 15) is 9.59 Å². The zero-order valence-corrected chi connectivity index (χ0v) is 16.3. The number of aromatic nitrogens is 2. The molecule has 148 valence electrons. The lowest BCUT2D eigenvalue weighted by Crippen LogP contribution is -2.69. The van der Waals surface area contributed by atoms with Gasteiger partial charge in [0, 0.05) is 32.2 Å². The van der Waals surface area contributed by atoms with Gasteiger partial charge in [0.2, 0.25) is 5.91 Å². The molecular formula is C19H28N4O4. The molecule has 1 N–H and O–H groups in total. The van der Waals surface area contributed by atoms with Crippen LogP contribution < -0.4 is 5.32 Å². The van der Waals surface area contributed by atoms with Crippen LogP contribution in [-0.4, -0.2) is 64.9 Å². The Morgan fingerprint density at radius 1 is 1.41 bits per heavy atom. The van der Waals surface area contributed by atoms with Crippen LogP contribution in [0.5, 0.6) is 0 Å². The standard InChI is InChI=1S/C19H28N4O4/c1-12-11-14-15(21-23(9-10-26-3)16(14)13(2)27-12)17(24)22-8-7-20-18(25)19(22)5-4-6-19/h12-13H,4-11H2,1-3H3,(H,20,25)/t12-,13+/m1/s1. The highest BCUT2D eigenvalue weighted by molar-refractivity contribution is 6.00. The molecule has 1 aromatic heterocycles. The third-order valence-corrected chi connectivity index (χ3v) is 6.10. The summed E-state index contributed by atoms with van der Waals surface area (Å²) in [5.74, 6) is -0.149. The summed E-state index contributed by atoms with van der Waals surface area (Å²) in [5.41, 5.74) is 1.71. The summed E-state index contributed by atoms with van der Waals surface area (Å²) in [5, 5.41) is 7.60. The molecule has 2 amide bonds. The average molecular weight is 376 g/mol. The molecule has 1 aromatic rings. The Hall–Kier alpha value is -1.93. The highest BCUT2D eigenvalue weighted by atomic mass is 16.5. The van der Waals surface area contributed by atoms with Crippen LogP contribution in [0.15, 0.2) is 0 Å². The van der Waals surface area contributed by atoms with E-state index in [2.05, 4.69) is 10.4 Å². The van der Waals surface area contributed by atoms with Crippen LogP contribution in [0.2, 0.25) is 0 Å². The van der Waals surface area contributed by atoms with E-state index in [4.69, 9.17) is 9.47 Å². The molecule has 3 heterocycles. The van der Waals surface area contributed by atoms with Gasteiger partial charge in [-0.05, 0) is 33.1 Å². The molecule has 0 radical (unpaired) electrons. The second-order valence-corrected chi connectivity index (χ2v) is 7.82. The maximum Gasteiger partial charge on any atom is 0.275 e. The molecule has 2 fully saturated rings. The number of hydrogen-bond donors (Lipinski definition) is 1. The van der Waals surface area contributed by atoms with Crippen molar-refractivity contribution in [1.29, 1.82) is 0 Å². The molecule has 1 saturated carbocycles. The third-order valence-electron chi connectivity index (χ3n) is 6.10. The van der Waals surface area contributed by atoms with E-state index in [0.717, 1.165) is 30.5 Å². The van der Waals surface area contributed by atoms with E-state index >= 15 is 0 Å². The van der Waals surface area contributed by atoms with Gasteiger partial charge in [-0.15, -0.1) is 0 Å². The maximum absolute atomic E-state index is 13.5. The third kappa shape index (κ3) is 2.86. The molecule has 2 aliphatic heterocycles. The van der Waals surface area contributed by atoms with Crippen LogP contribution in [0.1, 0.15) is 61.0 Å². The van der Waals surface area contributed by atoms with Gasteiger partial charge in [0.05, 0.1) is 31.1 Å². The molecule has 1 spiro atoms. The first kappa shape index (κ1) is 18.4. The number of piperazine rings is 1. The molecule has 8 nitrogen and oxygen atoms in total. The van der Waals surface area contributed by atoms with Crippen molar-refractivity contribution >= 4 is 11.8 Å². The second-order valence-electron chi connectivity index (χ2n) is 7.82. The van der Waals surface area contributed by atoms with Crippen LogP contribution in [0.3, 0.4) is 0 Å². The molecule has 0 bridgehead atoms. The fourth-order valence-electron chi connectivity index (χ4n) is 4.65. The normalized spacial score (nSPS) is 26.5. The van der Waals surface area contributed by atoms with Crippen LogP contribution in [-0.2, 0) is 27.2 Å². The van der Waals surface area contributed by atoms with Gasteiger partial charge in [-0.2, -0.15) is 5.10 Å². The molecule has 1 aliphatic carbocycles. The Morgan fingerprint density at radius 3 is 2.85 bits per heavy atom. The van der Waals surface area contributed by atoms with Gasteiger partial charge >= 0.3 is 0 Å². The van der Waals surface area contributed by atoms with E-state index < -0.39 is 5.54 Å². The number of carbonyl (C=O) groups excluding carboxylic acids is 2. The van der Waals surface area contributed by atoms with E-state index in [1.54, 1.807) is 12.0 Å². The molecule has 1 saturated heterocycles. The molecule has 0 aromatic carbocycles. The van der Waals surface area contributed by atoms with Crippen LogP contribution in [0.25, 0.3) is 0 Å². The minimum Gasteiger partial charge on any atom is -0.383 e. The van der Waals surface area contributed by atoms with E-state index in [1.807, 2.05) is 18.5 Å². The number of amides is 2. The van der Waals surface area contributed by atoms with Crippen molar-refractivity contribution in [3.8, 4) is 0 Å². The summed E-state index contributed by atoms with van der Waals surface area (Å²) in [6, 6.07) is 0. The number of hydrogen-bond acceptors (Lipinski definition) is 5. The number of carbonyl (C=O) groups is 2. The molecule has 0 unspecified atom stereocenters. The van der Waals surface area contributed by atoms with Gasteiger partial charge in [-0.1, -0.05) is 0 Å². The fourth-order valence-corrected chi connectivity index (χ4v) is 4.65. The SMILES string of the molecule is COCCn1nc(C(=O)N2CCNC(=O)C23CCC3)c2c1[C@H](C)O[C@H](C)C2. The lowest BCUT2D eigenvalue weighted by molar-refractivity contribution is -0.141. The smallest absolute Gasteiger partial charge is 0.275 e. The number of nitrogens with one attached hydrogen (secondary N) is 1.